The van der Waals surface area contributed by atoms with Crippen LogP contribution in [0.15, 0.2) is 48.9 Å². The number of hydrogen-bond donors (Lipinski definition) is 0. The second-order valence-electron chi connectivity index (χ2n) is 2.96. The highest BCUT2D eigenvalue weighted by molar-refractivity contribution is 5.57. The normalized spacial score (nSPS) is 9.79. The van der Waals surface area contributed by atoms with Crippen LogP contribution in [0.25, 0.3) is 0 Å². The summed E-state index contributed by atoms with van der Waals surface area (Å²) >= 11 is 0. The van der Waals surface area contributed by atoms with Crippen LogP contribution in [0.3, 0.4) is 0 Å². The summed E-state index contributed by atoms with van der Waals surface area (Å²) in [6.07, 6.45) is 5.35. The highest BCUT2D eigenvalue weighted by Gasteiger charge is 2.02. The lowest BCUT2D eigenvalue weighted by atomic mass is 10.3. The Kier molecular flexibility index (Phi) is 2.40. The van der Waals surface area contributed by atoms with Crippen LogP contribution < -0.4 is 4.90 Å². The van der Waals surface area contributed by atoms with Crippen molar-refractivity contribution < 1.29 is 0 Å². The first kappa shape index (κ1) is 8.69. The minimum absolute atomic E-state index is 0.917. The van der Waals surface area contributed by atoms with Gasteiger partial charge in [0.2, 0.25) is 0 Å². The molecule has 3 nitrogen and oxygen atoms in total. The van der Waals surface area contributed by atoms with Gasteiger partial charge >= 0.3 is 0 Å². The summed E-state index contributed by atoms with van der Waals surface area (Å²) in [5.74, 6) is 0.917. The predicted molar refractivity (Wildman–Crippen MR) is 56.5 cm³/mol. The van der Waals surface area contributed by atoms with E-state index in [9.17, 15) is 0 Å². The fraction of sp³-hybridized carbons (Fsp3) is 0.0909. The van der Waals surface area contributed by atoms with Gasteiger partial charge in [0.1, 0.15) is 5.82 Å². The zero-order valence-corrected chi connectivity index (χ0v) is 7.96. The summed E-state index contributed by atoms with van der Waals surface area (Å²) in [5.41, 5.74) is 1.03. The molecule has 0 aliphatic rings. The Morgan fingerprint density at radius 2 is 2.00 bits per heavy atom. The molecule has 0 bridgehead atoms. The lowest BCUT2D eigenvalue weighted by Crippen LogP contribution is -2.10. The van der Waals surface area contributed by atoms with E-state index in [1.165, 1.54) is 0 Å². The molecule has 2 heterocycles. The molecule has 0 saturated heterocycles. The first-order chi connectivity index (χ1) is 6.88. The van der Waals surface area contributed by atoms with Gasteiger partial charge < -0.3 is 4.90 Å². The van der Waals surface area contributed by atoms with Crippen LogP contribution >= 0.6 is 0 Å². The van der Waals surface area contributed by atoms with Crippen LogP contribution in [0.5, 0.6) is 0 Å². The molecule has 0 N–H and O–H groups in total. The molecule has 0 aliphatic carbocycles. The molecule has 0 amide bonds. The molecule has 0 spiro atoms. The highest BCUT2D eigenvalue weighted by Crippen LogP contribution is 2.18. The molecule has 70 valence electrons. The Labute approximate surface area is 83.1 Å². The highest BCUT2D eigenvalue weighted by atomic mass is 15.2. The number of pyridine rings is 2. The van der Waals surface area contributed by atoms with Crippen molar-refractivity contribution in [3.05, 3.63) is 48.9 Å². The van der Waals surface area contributed by atoms with Crippen molar-refractivity contribution in [3.63, 3.8) is 0 Å². The van der Waals surface area contributed by atoms with E-state index in [2.05, 4.69) is 9.97 Å². The van der Waals surface area contributed by atoms with Crippen molar-refractivity contribution in [1.82, 2.24) is 9.97 Å². The Morgan fingerprint density at radius 1 is 1.07 bits per heavy atom. The molecule has 3 heteroatoms. The molecule has 0 fully saturated rings. The first-order valence-electron chi connectivity index (χ1n) is 4.43. The first-order valence-corrected chi connectivity index (χ1v) is 4.43. The van der Waals surface area contributed by atoms with Crippen LogP contribution in [-0.2, 0) is 0 Å². The zero-order chi connectivity index (χ0) is 9.80. The van der Waals surface area contributed by atoms with Gasteiger partial charge in [-0.3, -0.25) is 4.98 Å². The van der Waals surface area contributed by atoms with Crippen LogP contribution in [0.4, 0.5) is 11.5 Å². The van der Waals surface area contributed by atoms with Crippen molar-refractivity contribution in [3.8, 4) is 0 Å². The van der Waals surface area contributed by atoms with Crippen molar-refractivity contribution in [2.24, 2.45) is 0 Å². The summed E-state index contributed by atoms with van der Waals surface area (Å²) in [7, 11) is 1.97. The van der Waals surface area contributed by atoms with E-state index in [-0.39, 0.29) is 0 Å². The van der Waals surface area contributed by atoms with Gasteiger partial charge in [0.15, 0.2) is 0 Å². The average molecular weight is 185 g/mol. The summed E-state index contributed by atoms with van der Waals surface area (Å²) in [5, 5.41) is 0. The summed E-state index contributed by atoms with van der Waals surface area (Å²) in [6, 6.07) is 9.75. The smallest absolute Gasteiger partial charge is 0.132 e. The second kappa shape index (κ2) is 3.87. The maximum atomic E-state index is 4.25. The third kappa shape index (κ3) is 1.71. The molecule has 0 radical (unpaired) electrons. The van der Waals surface area contributed by atoms with Crippen molar-refractivity contribution in [1.29, 1.82) is 0 Å². The Balaban J connectivity index is 2.30. The van der Waals surface area contributed by atoms with Crippen LogP contribution in [0.2, 0.25) is 0 Å². The minimum Gasteiger partial charge on any atom is -0.328 e. The molecule has 2 aromatic heterocycles. The number of hydrogen-bond acceptors (Lipinski definition) is 3. The molecule has 14 heavy (non-hydrogen) atoms. The van der Waals surface area contributed by atoms with E-state index in [1.807, 2.05) is 48.5 Å². The topological polar surface area (TPSA) is 29.0 Å². The van der Waals surface area contributed by atoms with Crippen molar-refractivity contribution >= 4 is 11.5 Å². The molecule has 0 unspecified atom stereocenters. The molecule has 2 aromatic rings. The van der Waals surface area contributed by atoms with E-state index in [1.54, 1.807) is 12.4 Å². The number of rotatable bonds is 2. The zero-order valence-electron chi connectivity index (χ0n) is 7.96. The van der Waals surface area contributed by atoms with Crippen LogP contribution in [-0.4, -0.2) is 17.0 Å². The maximum Gasteiger partial charge on any atom is 0.132 e. The third-order valence-electron chi connectivity index (χ3n) is 2.03. The fourth-order valence-corrected chi connectivity index (χ4v) is 1.24. The van der Waals surface area contributed by atoms with Gasteiger partial charge in [-0.25, -0.2) is 4.98 Å². The van der Waals surface area contributed by atoms with Crippen molar-refractivity contribution in [2.75, 3.05) is 11.9 Å². The Morgan fingerprint density at radius 3 is 2.64 bits per heavy atom. The largest absolute Gasteiger partial charge is 0.328 e. The summed E-state index contributed by atoms with van der Waals surface area (Å²) < 4.78 is 0. The predicted octanol–water partition coefficient (Wildman–Crippen LogP) is 2.24. The van der Waals surface area contributed by atoms with Gasteiger partial charge in [0.05, 0.1) is 11.9 Å². The number of nitrogens with zero attached hydrogens (tertiary/aromatic N) is 3. The lowest BCUT2D eigenvalue weighted by Gasteiger charge is -2.16. The maximum absolute atomic E-state index is 4.25. The standard InChI is InChI=1S/C11H11N3/c1-14(10-5-4-7-12-9-10)11-6-2-3-8-13-11/h2-9H,1H3. The second-order valence-corrected chi connectivity index (χ2v) is 2.96. The number of anilines is 2. The third-order valence-corrected chi connectivity index (χ3v) is 2.03. The van der Waals surface area contributed by atoms with Gasteiger partial charge in [-0.1, -0.05) is 6.07 Å². The van der Waals surface area contributed by atoms with Gasteiger partial charge in [-0.15, -0.1) is 0 Å². The van der Waals surface area contributed by atoms with Crippen molar-refractivity contribution in [2.45, 2.75) is 0 Å². The lowest BCUT2D eigenvalue weighted by molar-refractivity contribution is 1.11. The van der Waals surface area contributed by atoms with Gasteiger partial charge in [0.25, 0.3) is 0 Å². The van der Waals surface area contributed by atoms with Crippen LogP contribution in [0.1, 0.15) is 0 Å². The Bertz CT molecular complexity index is 346. The molecule has 2 rings (SSSR count). The van der Waals surface area contributed by atoms with Gasteiger partial charge in [-0.05, 0) is 24.3 Å². The summed E-state index contributed by atoms with van der Waals surface area (Å²) in [4.78, 5) is 10.3. The minimum atomic E-state index is 0.917. The fourth-order valence-electron chi connectivity index (χ4n) is 1.24. The summed E-state index contributed by atoms with van der Waals surface area (Å²) in [6.45, 7) is 0. The number of aromatic nitrogens is 2. The SMILES string of the molecule is CN(c1cccnc1)c1ccccn1. The molecular weight excluding hydrogens is 174 g/mol. The van der Waals surface area contributed by atoms with E-state index in [0.29, 0.717) is 0 Å². The van der Waals surface area contributed by atoms with Gasteiger partial charge in [-0.2, -0.15) is 0 Å². The molecule has 0 saturated carbocycles. The quantitative estimate of drug-likeness (QED) is 0.718. The monoisotopic (exact) mass is 185 g/mol. The molecule has 0 atom stereocenters. The van der Waals surface area contributed by atoms with E-state index >= 15 is 0 Å². The molecule has 0 aliphatic heterocycles. The van der Waals surface area contributed by atoms with Crippen LogP contribution in [0, 0.1) is 0 Å². The van der Waals surface area contributed by atoms with E-state index in [0.717, 1.165) is 11.5 Å². The molecular formula is C11H11N3. The molecule has 0 aromatic carbocycles. The average Bonchev–Trinajstić information content (AvgIpc) is 2.30. The Hall–Kier alpha value is -1.90. The van der Waals surface area contributed by atoms with E-state index in [4.69, 9.17) is 0 Å². The van der Waals surface area contributed by atoms with Gasteiger partial charge in [0, 0.05) is 19.4 Å². The van der Waals surface area contributed by atoms with E-state index < -0.39 is 0 Å².